The molecular formula is C29H32F4N4O5S. The molecule has 14 heteroatoms. The van der Waals surface area contributed by atoms with E-state index in [0.717, 1.165) is 11.5 Å². The number of rotatable bonds is 9. The number of ether oxygens (including phenoxy) is 2. The number of sulfone groups is 1. The summed E-state index contributed by atoms with van der Waals surface area (Å²) in [6, 6.07) is 10.0. The number of hydrogen-bond acceptors (Lipinski definition) is 8. The number of aromatic nitrogens is 1. The Hall–Kier alpha value is -3.96. The molecule has 43 heavy (non-hydrogen) atoms. The lowest BCUT2D eigenvalue weighted by molar-refractivity contribution is -0.140. The Morgan fingerprint density at radius 2 is 1.93 bits per heavy atom. The number of piperidine rings is 1. The number of anilines is 2. The predicted molar refractivity (Wildman–Crippen MR) is 155 cm³/mol. The first-order chi connectivity index (χ1) is 20.3. The summed E-state index contributed by atoms with van der Waals surface area (Å²) >= 11 is 0. The zero-order valence-corrected chi connectivity index (χ0v) is 24.6. The topological polar surface area (TPSA) is 102 Å². The molecule has 2 aromatic carbocycles. The average Bonchev–Trinajstić information content (AvgIpc) is 3.28. The Kier molecular flexibility index (Phi) is 9.76. The van der Waals surface area contributed by atoms with Gasteiger partial charge in [-0.1, -0.05) is 12.0 Å². The molecule has 1 fully saturated rings. The molecule has 0 saturated carbocycles. The molecule has 4 rings (SSSR count). The van der Waals surface area contributed by atoms with Crippen molar-refractivity contribution in [3.05, 3.63) is 48.2 Å². The van der Waals surface area contributed by atoms with Crippen molar-refractivity contribution in [2.45, 2.75) is 43.2 Å². The number of fused-ring (bicyclic) bond motifs is 1. The molecule has 0 amide bonds. The number of carbonyl (C=O) groups excluding carboxylic acids is 1. The Bertz CT molecular complexity index is 1650. The van der Waals surface area contributed by atoms with E-state index in [9.17, 15) is 30.8 Å². The van der Waals surface area contributed by atoms with Crippen molar-refractivity contribution in [3.63, 3.8) is 0 Å². The van der Waals surface area contributed by atoms with Crippen molar-refractivity contribution >= 4 is 38.1 Å². The molecule has 0 unspecified atom stereocenters. The molecule has 1 saturated heterocycles. The van der Waals surface area contributed by atoms with Crippen LogP contribution in [0.5, 0.6) is 5.75 Å². The summed E-state index contributed by atoms with van der Waals surface area (Å²) in [7, 11) is -0.741. The summed E-state index contributed by atoms with van der Waals surface area (Å²) in [6.45, 7) is 0.802. The minimum Gasteiger partial charge on any atom is -0.495 e. The van der Waals surface area contributed by atoms with Gasteiger partial charge in [-0.15, -0.1) is 0 Å². The van der Waals surface area contributed by atoms with E-state index < -0.39 is 46.7 Å². The molecule has 0 radical (unpaired) electrons. The summed E-state index contributed by atoms with van der Waals surface area (Å²) in [4.78, 5) is 12.8. The minimum absolute atomic E-state index is 0.00627. The third-order valence-corrected chi connectivity index (χ3v) is 8.30. The van der Waals surface area contributed by atoms with Gasteiger partial charge in [0.15, 0.2) is 5.94 Å². The van der Waals surface area contributed by atoms with E-state index in [1.54, 1.807) is 24.3 Å². The highest BCUT2D eigenvalue weighted by molar-refractivity contribution is 7.91. The monoisotopic (exact) mass is 624 g/mol. The molecule has 0 spiro atoms. The lowest BCUT2D eigenvalue weighted by Crippen LogP contribution is -2.46. The number of methoxy groups -OCH3 is 1. The summed E-state index contributed by atoms with van der Waals surface area (Å²) < 4.78 is 91.2. The van der Waals surface area contributed by atoms with Gasteiger partial charge >= 0.3 is 12.1 Å². The highest BCUT2D eigenvalue weighted by Crippen LogP contribution is 2.32. The van der Waals surface area contributed by atoms with Crippen LogP contribution in [0, 0.1) is 11.8 Å². The van der Waals surface area contributed by atoms with E-state index in [4.69, 9.17) is 4.74 Å². The SMILES string of the molecule is COc1cc(S(=O)(=O)COC(C)=O)ccc1NCC#Cc1cc2c(N[C@@H]3CCN(C)C[C@@H]3F)cccc2n1CC(F)(F)F. The zero-order valence-electron chi connectivity index (χ0n) is 23.8. The Morgan fingerprint density at radius 3 is 2.60 bits per heavy atom. The van der Waals surface area contributed by atoms with E-state index in [1.807, 2.05) is 11.9 Å². The molecule has 2 heterocycles. The Balaban J connectivity index is 1.57. The van der Waals surface area contributed by atoms with Gasteiger partial charge in [-0.2, -0.15) is 13.2 Å². The molecule has 2 atom stereocenters. The molecule has 3 aromatic rings. The number of benzene rings is 2. The molecule has 0 aliphatic carbocycles. The van der Waals surface area contributed by atoms with Gasteiger partial charge in [-0.25, -0.2) is 12.8 Å². The molecule has 9 nitrogen and oxygen atoms in total. The lowest BCUT2D eigenvalue weighted by atomic mass is 10.0. The number of nitrogens with zero attached hydrogens (tertiary/aromatic N) is 2. The number of alkyl halides is 4. The molecule has 1 aliphatic heterocycles. The molecule has 2 N–H and O–H groups in total. The van der Waals surface area contributed by atoms with E-state index in [2.05, 4.69) is 27.2 Å². The lowest BCUT2D eigenvalue weighted by Gasteiger charge is -2.33. The van der Waals surface area contributed by atoms with Crippen LogP contribution in [-0.4, -0.2) is 82.0 Å². The minimum atomic E-state index is -4.51. The molecule has 1 aliphatic rings. The van der Waals surface area contributed by atoms with Crippen LogP contribution >= 0.6 is 0 Å². The number of esters is 1. The highest BCUT2D eigenvalue weighted by atomic mass is 32.2. The van der Waals surface area contributed by atoms with Crippen LogP contribution < -0.4 is 15.4 Å². The normalized spacial score (nSPS) is 17.7. The fourth-order valence-electron chi connectivity index (χ4n) is 4.80. The van der Waals surface area contributed by atoms with E-state index in [0.29, 0.717) is 35.2 Å². The number of halogens is 4. The average molecular weight is 625 g/mol. The number of hydrogen-bond donors (Lipinski definition) is 2. The second-order valence-corrected chi connectivity index (χ2v) is 12.1. The van der Waals surface area contributed by atoms with Crippen LogP contribution in [0.1, 0.15) is 19.0 Å². The molecular weight excluding hydrogens is 592 g/mol. The molecule has 1 aromatic heterocycles. The summed E-state index contributed by atoms with van der Waals surface area (Å²) in [5.41, 5.74) is 1.37. The van der Waals surface area contributed by atoms with Crippen molar-refractivity contribution in [2.24, 2.45) is 0 Å². The van der Waals surface area contributed by atoms with E-state index in [-0.39, 0.29) is 29.4 Å². The number of nitrogens with one attached hydrogen (secondary N) is 2. The Morgan fingerprint density at radius 1 is 1.16 bits per heavy atom. The molecule has 0 bridgehead atoms. The third-order valence-electron chi connectivity index (χ3n) is 6.90. The maximum Gasteiger partial charge on any atom is 0.406 e. The van der Waals surface area contributed by atoms with Crippen molar-refractivity contribution in [1.29, 1.82) is 0 Å². The number of carbonyl (C=O) groups is 1. The molecule has 232 valence electrons. The zero-order chi connectivity index (χ0) is 31.4. The van der Waals surface area contributed by atoms with Crippen molar-refractivity contribution in [3.8, 4) is 17.6 Å². The van der Waals surface area contributed by atoms with E-state index >= 15 is 0 Å². The summed E-state index contributed by atoms with van der Waals surface area (Å²) in [5, 5.41) is 6.66. The first-order valence-electron chi connectivity index (χ1n) is 13.3. The van der Waals surface area contributed by atoms with Crippen LogP contribution in [0.15, 0.2) is 47.4 Å². The summed E-state index contributed by atoms with van der Waals surface area (Å²) in [5.74, 6) is 4.23. The van der Waals surface area contributed by atoms with Crippen LogP contribution in [0.3, 0.4) is 0 Å². The van der Waals surface area contributed by atoms with E-state index in [1.165, 1.54) is 25.3 Å². The fourth-order valence-corrected chi connectivity index (χ4v) is 5.82. The van der Waals surface area contributed by atoms with Gasteiger partial charge in [0.1, 0.15) is 18.5 Å². The Labute approximate surface area is 247 Å². The second-order valence-electron chi connectivity index (χ2n) is 10.2. The first-order valence-corrected chi connectivity index (χ1v) is 15.0. The van der Waals surface area contributed by atoms with Gasteiger partial charge in [0, 0.05) is 37.2 Å². The van der Waals surface area contributed by atoms with Crippen LogP contribution in [-0.2, 0) is 25.9 Å². The van der Waals surface area contributed by atoms with Gasteiger partial charge in [0.25, 0.3) is 0 Å². The maximum atomic E-state index is 14.7. The van der Waals surface area contributed by atoms with Crippen LogP contribution in [0.25, 0.3) is 10.9 Å². The van der Waals surface area contributed by atoms with Crippen molar-refractivity contribution < 1.29 is 40.2 Å². The van der Waals surface area contributed by atoms with Gasteiger partial charge in [-0.05, 0) is 49.7 Å². The van der Waals surface area contributed by atoms with Crippen LogP contribution in [0.4, 0.5) is 28.9 Å². The quantitative estimate of drug-likeness (QED) is 0.205. The van der Waals surface area contributed by atoms with Gasteiger partial charge in [-0.3, -0.25) is 4.79 Å². The number of likely N-dealkylation sites (tertiary alicyclic amines) is 1. The highest BCUT2D eigenvalue weighted by Gasteiger charge is 2.31. The van der Waals surface area contributed by atoms with Gasteiger partial charge in [0.05, 0.1) is 41.5 Å². The van der Waals surface area contributed by atoms with Gasteiger partial charge in [0.2, 0.25) is 9.84 Å². The van der Waals surface area contributed by atoms with Crippen molar-refractivity contribution in [2.75, 3.05) is 50.4 Å². The summed E-state index contributed by atoms with van der Waals surface area (Å²) in [6.07, 6.45) is -5.08. The standard InChI is InChI=1S/C29H32F4N4O5S/c1-19(38)42-18-43(39,40)21-9-10-26(28(15-21)41-3)34-12-5-6-20-14-22-24(35-25-11-13-36(2)16-23(25)30)7-4-8-27(22)37(20)17-29(31,32)33/h4,7-10,14-15,23,25,34-35H,11-13,16-18H2,1-3H3/t23-,25+/m0/s1. The van der Waals surface area contributed by atoms with Gasteiger partial charge < -0.3 is 29.6 Å². The fraction of sp³-hybridized carbons (Fsp3) is 0.414. The first kappa shape index (κ1) is 32.0. The second kappa shape index (κ2) is 13.1. The maximum absolute atomic E-state index is 14.7. The van der Waals surface area contributed by atoms with Crippen molar-refractivity contribution in [1.82, 2.24) is 9.47 Å². The third kappa shape index (κ3) is 8.11. The predicted octanol–water partition coefficient (Wildman–Crippen LogP) is 4.42. The van der Waals surface area contributed by atoms with Crippen LogP contribution in [0.2, 0.25) is 0 Å². The largest absolute Gasteiger partial charge is 0.495 e. The smallest absolute Gasteiger partial charge is 0.406 e.